The lowest BCUT2D eigenvalue weighted by molar-refractivity contribution is 0.282. The molecule has 0 heterocycles. The third-order valence-electron chi connectivity index (χ3n) is 2.12. The maximum absolute atomic E-state index is 13.2. The molecule has 1 aromatic rings. The minimum Gasteiger partial charge on any atom is -0.489 e. The Kier molecular flexibility index (Phi) is 2.72. The fourth-order valence-electron chi connectivity index (χ4n) is 1.15. The zero-order valence-electron chi connectivity index (χ0n) is 7.40. The predicted octanol–water partition coefficient (Wildman–Crippen LogP) is 3.52. The first-order chi connectivity index (χ1) is 6.66. The van der Waals surface area contributed by atoms with Gasteiger partial charge >= 0.3 is 0 Å². The van der Waals surface area contributed by atoms with Gasteiger partial charge in [-0.2, -0.15) is 0 Å². The first kappa shape index (κ1) is 9.90. The first-order valence-corrected chi connectivity index (χ1v) is 5.23. The highest BCUT2D eigenvalue weighted by molar-refractivity contribution is 9.10. The molecule has 0 bridgehead atoms. The van der Waals surface area contributed by atoms with Crippen LogP contribution >= 0.6 is 15.9 Å². The summed E-state index contributed by atoms with van der Waals surface area (Å²) in [7, 11) is 0. The Morgan fingerprint density at radius 2 is 2.07 bits per heavy atom. The number of benzene rings is 1. The van der Waals surface area contributed by atoms with E-state index in [-0.39, 0.29) is 5.75 Å². The molecule has 1 saturated carbocycles. The summed E-state index contributed by atoms with van der Waals surface area (Å²) in [6.07, 6.45) is 2.28. The molecule has 1 nitrogen and oxygen atoms in total. The molecular weight excluding hydrogens is 254 g/mol. The number of ether oxygens (including phenoxy) is 1. The highest BCUT2D eigenvalue weighted by Crippen LogP contribution is 2.33. The molecule has 0 atom stereocenters. The van der Waals surface area contributed by atoms with Crippen molar-refractivity contribution in [3.05, 3.63) is 28.2 Å². The van der Waals surface area contributed by atoms with Gasteiger partial charge in [-0.05, 0) is 40.8 Å². The molecule has 1 aliphatic rings. The van der Waals surface area contributed by atoms with Gasteiger partial charge in [-0.25, -0.2) is 8.78 Å². The van der Waals surface area contributed by atoms with E-state index in [1.807, 2.05) is 0 Å². The SMILES string of the molecule is Fc1cc(F)c(OCC2CC2)c(Br)c1. The molecule has 76 valence electrons. The summed E-state index contributed by atoms with van der Waals surface area (Å²) >= 11 is 3.06. The smallest absolute Gasteiger partial charge is 0.169 e. The minimum atomic E-state index is -0.655. The number of halogens is 3. The molecule has 0 spiro atoms. The Morgan fingerprint density at radius 1 is 1.36 bits per heavy atom. The predicted molar refractivity (Wildman–Crippen MR) is 52.3 cm³/mol. The van der Waals surface area contributed by atoms with E-state index in [1.54, 1.807) is 0 Å². The largest absolute Gasteiger partial charge is 0.489 e. The molecule has 2 rings (SSSR count). The van der Waals surface area contributed by atoms with E-state index < -0.39 is 11.6 Å². The molecule has 0 aliphatic heterocycles. The summed E-state index contributed by atoms with van der Waals surface area (Å²) in [5.74, 6) is -0.602. The summed E-state index contributed by atoms with van der Waals surface area (Å²) in [5.41, 5.74) is 0. The Labute approximate surface area is 89.2 Å². The van der Waals surface area contributed by atoms with E-state index in [2.05, 4.69) is 15.9 Å². The number of hydrogen-bond acceptors (Lipinski definition) is 1. The van der Waals surface area contributed by atoms with E-state index in [0.29, 0.717) is 17.0 Å². The van der Waals surface area contributed by atoms with Gasteiger partial charge < -0.3 is 4.74 Å². The molecule has 0 aromatic heterocycles. The van der Waals surface area contributed by atoms with Crippen LogP contribution in [0, 0.1) is 17.6 Å². The maximum atomic E-state index is 13.2. The zero-order valence-corrected chi connectivity index (χ0v) is 8.98. The molecule has 1 fully saturated rings. The third-order valence-corrected chi connectivity index (χ3v) is 2.71. The summed E-state index contributed by atoms with van der Waals surface area (Å²) in [6, 6.07) is 2.03. The topological polar surface area (TPSA) is 9.23 Å². The van der Waals surface area contributed by atoms with E-state index >= 15 is 0 Å². The lowest BCUT2D eigenvalue weighted by Crippen LogP contribution is -2.01. The Bertz CT molecular complexity index is 327. The highest BCUT2D eigenvalue weighted by atomic mass is 79.9. The normalized spacial score (nSPS) is 15.6. The number of rotatable bonds is 3. The van der Waals surface area contributed by atoms with Crippen LogP contribution in [0.3, 0.4) is 0 Å². The van der Waals surface area contributed by atoms with Crippen molar-refractivity contribution in [3.63, 3.8) is 0 Å². The van der Waals surface area contributed by atoms with Crippen molar-refractivity contribution in [1.29, 1.82) is 0 Å². The second-order valence-corrected chi connectivity index (χ2v) is 4.31. The second-order valence-electron chi connectivity index (χ2n) is 3.45. The van der Waals surface area contributed by atoms with E-state index in [0.717, 1.165) is 18.9 Å². The molecule has 1 aromatic carbocycles. The van der Waals surface area contributed by atoms with Gasteiger partial charge in [0.2, 0.25) is 0 Å². The molecule has 0 radical (unpaired) electrons. The van der Waals surface area contributed by atoms with Crippen LogP contribution < -0.4 is 4.74 Å². The first-order valence-electron chi connectivity index (χ1n) is 4.44. The zero-order chi connectivity index (χ0) is 10.1. The lowest BCUT2D eigenvalue weighted by Gasteiger charge is -2.08. The van der Waals surface area contributed by atoms with E-state index in [9.17, 15) is 8.78 Å². The average Bonchev–Trinajstić information content (AvgIpc) is 2.85. The van der Waals surface area contributed by atoms with Crippen LogP contribution in [0.1, 0.15) is 12.8 Å². The standard InChI is InChI=1S/C10H9BrF2O/c11-8-3-7(12)4-9(13)10(8)14-5-6-1-2-6/h3-4,6H,1-2,5H2. The van der Waals surface area contributed by atoms with E-state index in [1.165, 1.54) is 6.07 Å². The van der Waals surface area contributed by atoms with Gasteiger partial charge in [0, 0.05) is 6.07 Å². The average molecular weight is 263 g/mol. The van der Waals surface area contributed by atoms with Crippen molar-refractivity contribution < 1.29 is 13.5 Å². The van der Waals surface area contributed by atoms with Gasteiger partial charge in [0.05, 0.1) is 11.1 Å². The monoisotopic (exact) mass is 262 g/mol. The van der Waals surface area contributed by atoms with Gasteiger partial charge in [0.25, 0.3) is 0 Å². The van der Waals surface area contributed by atoms with Crippen molar-refractivity contribution >= 4 is 15.9 Å². The maximum Gasteiger partial charge on any atom is 0.169 e. The quantitative estimate of drug-likeness (QED) is 0.810. The van der Waals surface area contributed by atoms with Crippen molar-refractivity contribution in [3.8, 4) is 5.75 Å². The van der Waals surface area contributed by atoms with Crippen LogP contribution in [-0.2, 0) is 0 Å². The van der Waals surface area contributed by atoms with Crippen LogP contribution in [0.2, 0.25) is 0 Å². The van der Waals surface area contributed by atoms with Crippen LogP contribution in [0.25, 0.3) is 0 Å². The molecular formula is C10H9BrF2O. The molecule has 0 amide bonds. The number of hydrogen-bond donors (Lipinski definition) is 0. The van der Waals surface area contributed by atoms with Crippen LogP contribution in [0.4, 0.5) is 8.78 Å². The van der Waals surface area contributed by atoms with Crippen LogP contribution in [0.15, 0.2) is 16.6 Å². The van der Waals surface area contributed by atoms with Crippen LogP contribution in [0.5, 0.6) is 5.75 Å². The fourth-order valence-corrected chi connectivity index (χ4v) is 1.68. The Morgan fingerprint density at radius 3 is 2.64 bits per heavy atom. The van der Waals surface area contributed by atoms with Gasteiger partial charge in [-0.1, -0.05) is 0 Å². The fraction of sp³-hybridized carbons (Fsp3) is 0.400. The second kappa shape index (κ2) is 3.85. The molecule has 0 unspecified atom stereocenters. The van der Waals surface area contributed by atoms with Gasteiger partial charge in [-0.15, -0.1) is 0 Å². The van der Waals surface area contributed by atoms with Gasteiger partial charge in [0.1, 0.15) is 5.82 Å². The van der Waals surface area contributed by atoms with Gasteiger partial charge in [0.15, 0.2) is 11.6 Å². The van der Waals surface area contributed by atoms with E-state index in [4.69, 9.17) is 4.74 Å². The van der Waals surface area contributed by atoms with Crippen molar-refractivity contribution in [2.75, 3.05) is 6.61 Å². The van der Waals surface area contributed by atoms with Gasteiger partial charge in [-0.3, -0.25) is 0 Å². The Hall–Kier alpha value is -0.640. The third kappa shape index (κ3) is 2.23. The Balaban J connectivity index is 2.13. The summed E-state index contributed by atoms with van der Waals surface area (Å²) in [4.78, 5) is 0. The highest BCUT2D eigenvalue weighted by Gasteiger charge is 2.23. The summed E-state index contributed by atoms with van der Waals surface area (Å²) in [6.45, 7) is 0.515. The van der Waals surface area contributed by atoms with Crippen molar-refractivity contribution in [1.82, 2.24) is 0 Å². The molecule has 4 heteroatoms. The molecule has 14 heavy (non-hydrogen) atoms. The summed E-state index contributed by atoms with van der Waals surface area (Å²) < 4.78 is 31.5. The minimum absolute atomic E-state index is 0.110. The molecule has 0 N–H and O–H groups in total. The van der Waals surface area contributed by atoms with Crippen molar-refractivity contribution in [2.24, 2.45) is 5.92 Å². The van der Waals surface area contributed by atoms with Crippen LogP contribution in [-0.4, -0.2) is 6.61 Å². The van der Waals surface area contributed by atoms with Crippen molar-refractivity contribution in [2.45, 2.75) is 12.8 Å². The lowest BCUT2D eigenvalue weighted by atomic mass is 10.3. The molecule has 1 aliphatic carbocycles. The summed E-state index contributed by atoms with van der Waals surface area (Å²) in [5, 5.41) is 0. The molecule has 0 saturated heterocycles.